The monoisotopic (exact) mass is 615 g/mol. The van der Waals surface area contributed by atoms with E-state index in [1.807, 2.05) is 61.5 Å². The summed E-state index contributed by atoms with van der Waals surface area (Å²) in [5.74, 6) is 0.264. The van der Waals surface area contributed by atoms with E-state index in [0.29, 0.717) is 19.4 Å². The largest absolute Gasteiger partial charge is 0.356 e. The highest BCUT2D eigenvalue weighted by Crippen LogP contribution is 2.48. The smallest absolute Gasteiger partial charge is 0.231 e. The van der Waals surface area contributed by atoms with Crippen molar-refractivity contribution in [2.45, 2.75) is 89.1 Å². The molecule has 3 N–H and O–H groups in total. The second-order valence-electron chi connectivity index (χ2n) is 11.2. The van der Waals surface area contributed by atoms with Gasteiger partial charge in [0, 0.05) is 19.9 Å². The molecule has 44 heavy (non-hydrogen) atoms. The van der Waals surface area contributed by atoms with Gasteiger partial charge >= 0.3 is 0 Å². The van der Waals surface area contributed by atoms with Gasteiger partial charge in [-0.1, -0.05) is 124 Å². The van der Waals surface area contributed by atoms with Crippen LogP contribution in [-0.2, 0) is 19.1 Å². The fraction of sp³-hybridized carbons (Fsp3) is 0.432. The Morgan fingerprint density at radius 2 is 1.25 bits per heavy atom. The van der Waals surface area contributed by atoms with E-state index in [0.717, 1.165) is 55.2 Å². The van der Waals surface area contributed by atoms with E-state index < -0.39 is 4.75 Å². The van der Waals surface area contributed by atoms with Crippen LogP contribution in [0, 0.1) is 0 Å². The summed E-state index contributed by atoms with van der Waals surface area (Å²) in [5.41, 5.74) is 3.31. The van der Waals surface area contributed by atoms with Gasteiger partial charge in [0.2, 0.25) is 11.8 Å². The number of hydrogen-bond acceptors (Lipinski definition) is 5. The van der Waals surface area contributed by atoms with Gasteiger partial charge in [0.15, 0.2) is 0 Å². The zero-order valence-corrected chi connectivity index (χ0v) is 27.3. The Kier molecular flexibility index (Phi) is 15.2. The number of unbranched alkanes of at least 4 members (excludes halogenated alkanes) is 3. The van der Waals surface area contributed by atoms with Gasteiger partial charge < -0.3 is 10.6 Å². The standard InChI is InChI=1S/C37H49N3O3S/c1-4-6-10-25-33(34(42)5-2)39-35(26-17-18-27-38-29(3)41)40-36(43)28-44-37(30-19-11-7-12-20-30,31-21-13-8-14-22-31)32-23-15-9-16-24-32/h7-9,11-16,19-24,33,35,39H,4-6,10,17-18,25-28H2,1-3H3,(H,38,41)(H,40,43). The van der Waals surface area contributed by atoms with Crippen molar-refractivity contribution in [1.82, 2.24) is 16.0 Å². The Hall–Kier alpha value is -3.42. The van der Waals surface area contributed by atoms with Crippen LogP contribution in [0.5, 0.6) is 0 Å². The number of benzene rings is 3. The minimum absolute atomic E-state index is 0.0479. The quantitative estimate of drug-likeness (QED) is 0.0726. The first-order valence-electron chi connectivity index (χ1n) is 16.0. The second-order valence-corrected chi connectivity index (χ2v) is 12.4. The Bertz CT molecular complexity index is 1170. The predicted octanol–water partition coefficient (Wildman–Crippen LogP) is 6.98. The first-order chi connectivity index (χ1) is 21.4. The van der Waals surface area contributed by atoms with Crippen LogP contribution in [0.3, 0.4) is 0 Å². The van der Waals surface area contributed by atoms with Gasteiger partial charge in [0.25, 0.3) is 0 Å². The number of thioether (sulfide) groups is 1. The number of Topliss-reactive ketones (excluding diaryl/α,β-unsaturated/α-hetero) is 1. The van der Waals surface area contributed by atoms with Gasteiger partial charge in [-0.15, -0.1) is 11.8 Å². The van der Waals surface area contributed by atoms with Crippen LogP contribution >= 0.6 is 11.8 Å². The summed E-state index contributed by atoms with van der Waals surface area (Å²) in [7, 11) is 0. The van der Waals surface area contributed by atoms with Crippen molar-refractivity contribution in [2.75, 3.05) is 12.3 Å². The van der Waals surface area contributed by atoms with Gasteiger partial charge in [-0.2, -0.15) is 0 Å². The molecule has 0 saturated heterocycles. The zero-order valence-electron chi connectivity index (χ0n) is 26.5. The SMILES string of the molecule is CCCCCC(NC(CCCCNC(C)=O)NC(=O)CSC(c1ccccc1)(c1ccccc1)c1ccccc1)C(=O)CC. The fourth-order valence-corrected chi connectivity index (χ4v) is 6.88. The number of hydrogen-bond donors (Lipinski definition) is 3. The molecule has 6 nitrogen and oxygen atoms in total. The summed E-state index contributed by atoms with van der Waals surface area (Å²) in [6.45, 7) is 6.15. The maximum Gasteiger partial charge on any atom is 0.231 e. The maximum atomic E-state index is 13.7. The minimum atomic E-state index is -0.594. The van der Waals surface area contributed by atoms with Crippen molar-refractivity contribution in [3.8, 4) is 0 Å². The summed E-state index contributed by atoms with van der Waals surface area (Å²) in [6.07, 6.45) is 6.25. The molecule has 2 amide bonds. The van der Waals surface area contributed by atoms with Crippen LogP contribution in [0.15, 0.2) is 91.0 Å². The molecule has 0 aromatic heterocycles. The molecule has 0 saturated carbocycles. The average molecular weight is 616 g/mol. The van der Waals surface area contributed by atoms with Gasteiger partial charge in [-0.25, -0.2) is 0 Å². The van der Waals surface area contributed by atoms with Crippen LogP contribution in [0.1, 0.15) is 88.8 Å². The van der Waals surface area contributed by atoms with Crippen LogP contribution in [0.25, 0.3) is 0 Å². The van der Waals surface area contributed by atoms with Crippen molar-refractivity contribution in [2.24, 2.45) is 0 Å². The maximum absolute atomic E-state index is 13.7. The van der Waals surface area contributed by atoms with E-state index in [1.54, 1.807) is 11.8 Å². The summed E-state index contributed by atoms with van der Waals surface area (Å²) in [6, 6.07) is 30.8. The molecule has 7 heteroatoms. The molecular formula is C37H49N3O3S. The number of carbonyl (C=O) groups excluding carboxylic acids is 3. The van der Waals surface area contributed by atoms with Gasteiger partial charge in [-0.05, 0) is 42.4 Å². The van der Waals surface area contributed by atoms with E-state index in [2.05, 4.69) is 59.3 Å². The second kappa shape index (κ2) is 19.1. The minimum Gasteiger partial charge on any atom is -0.356 e. The summed E-state index contributed by atoms with van der Waals surface area (Å²) in [5, 5.41) is 9.58. The molecule has 0 fully saturated rings. The third-order valence-corrected chi connectivity index (χ3v) is 9.37. The fourth-order valence-electron chi connectivity index (χ4n) is 5.54. The Morgan fingerprint density at radius 3 is 1.73 bits per heavy atom. The molecule has 236 valence electrons. The van der Waals surface area contributed by atoms with E-state index in [4.69, 9.17) is 0 Å². The molecule has 2 atom stereocenters. The lowest BCUT2D eigenvalue weighted by atomic mass is 9.84. The lowest BCUT2D eigenvalue weighted by Crippen LogP contribution is -2.52. The molecule has 3 aromatic rings. The predicted molar refractivity (Wildman–Crippen MR) is 182 cm³/mol. The molecule has 0 heterocycles. The Balaban J connectivity index is 1.84. The molecule has 0 bridgehead atoms. The molecule has 0 radical (unpaired) electrons. The number of nitrogens with one attached hydrogen (secondary N) is 3. The number of amides is 2. The highest BCUT2D eigenvalue weighted by molar-refractivity contribution is 8.01. The molecule has 0 aliphatic carbocycles. The molecule has 0 spiro atoms. The summed E-state index contributed by atoms with van der Waals surface area (Å²) < 4.78 is -0.594. The van der Waals surface area contributed by atoms with Gasteiger partial charge in [-0.3, -0.25) is 19.7 Å². The zero-order chi connectivity index (χ0) is 31.6. The van der Waals surface area contributed by atoms with Gasteiger partial charge in [0.1, 0.15) is 5.78 Å². The van der Waals surface area contributed by atoms with Crippen molar-refractivity contribution in [3.63, 3.8) is 0 Å². The normalized spacial score (nSPS) is 12.7. The highest BCUT2D eigenvalue weighted by atomic mass is 32.2. The molecule has 3 aromatic carbocycles. The Labute approximate surface area is 268 Å². The Morgan fingerprint density at radius 1 is 0.727 bits per heavy atom. The summed E-state index contributed by atoms with van der Waals surface area (Å²) in [4.78, 5) is 37.9. The van der Waals surface area contributed by atoms with Crippen LogP contribution in [0.4, 0.5) is 0 Å². The molecule has 3 rings (SSSR count). The lowest BCUT2D eigenvalue weighted by molar-refractivity contribution is -0.123. The number of ketones is 1. The van der Waals surface area contributed by atoms with Crippen LogP contribution in [-0.4, -0.2) is 42.1 Å². The van der Waals surface area contributed by atoms with E-state index in [9.17, 15) is 14.4 Å². The third kappa shape index (κ3) is 10.6. The van der Waals surface area contributed by atoms with Crippen molar-refractivity contribution in [3.05, 3.63) is 108 Å². The number of rotatable bonds is 20. The van der Waals surface area contributed by atoms with E-state index in [1.165, 1.54) is 6.92 Å². The van der Waals surface area contributed by atoms with Crippen molar-refractivity contribution in [1.29, 1.82) is 0 Å². The third-order valence-electron chi connectivity index (χ3n) is 7.83. The highest BCUT2D eigenvalue weighted by Gasteiger charge is 2.37. The lowest BCUT2D eigenvalue weighted by Gasteiger charge is -2.35. The van der Waals surface area contributed by atoms with E-state index >= 15 is 0 Å². The van der Waals surface area contributed by atoms with Gasteiger partial charge in [0.05, 0.1) is 22.7 Å². The molecule has 0 aliphatic rings. The molecule has 0 aliphatic heterocycles. The average Bonchev–Trinajstić information content (AvgIpc) is 3.05. The van der Waals surface area contributed by atoms with E-state index in [-0.39, 0.29) is 35.6 Å². The van der Waals surface area contributed by atoms with Crippen molar-refractivity contribution < 1.29 is 14.4 Å². The topological polar surface area (TPSA) is 87.3 Å². The number of carbonyl (C=O) groups is 3. The van der Waals surface area contributed by atoms with Crippen molar-refractivity contribution >= 4 is 29.4 Å². The van der Waals surface area contributed by atoms with Crippen LogP contribution in [0.2, 0.25) is 0 Å². The first kappa shape index (κ1) is 35.1. The summed E-state index contributed by atoms with van der Waals surface area (Å²) >= 11 is 1.61. The van der Waals surface area contributed by atoms with Crippen LogP contribution < -0.4 is 16.0 Å². The first-order valence-corrected chi connectivity index (χ1v) is 17.0. The molecular weight excluding hydrogens is 566 g/mol. The molecule has 2 unspecified atom stereocenters.